The number of aliphatic carboxylic acids is 1. The van der Waals surface area contributed by atoms with Gasteiger partial charge in [0.15, 0.2) is 12.1 Å². The molecule has 1 saturated heterocycles. The number of benzene rings is 4. The van der Waals surface area contributed by atoms with Crippen LogP contribution in [0.2, 0.25) is 0 Å². The molecule has 0 radical (unpaired) electrons. The molecule has 4 atom stereocenters. The molecule has 4 unspecified atom stereocenters. The Balaban J connectivity index is 1.26. The van der Waals surface area contributed by atoms with Crippen LogP contribution in [0.3, 0.4) is 0 Å². The third-order valence-electron chi connectivity index (χ3n) is 8.19. The van der Waals surface area contributed by atoms with Crippen LogP contribution in [0.1, 0.15) is 48.8 Å². The van der Waals surface area contributed by atoms with Crippen molar-refractivity contribution < 1.29 is 33.7 Å². The van der Waals surface area contributed by atoms with Gasteiger partial charge in [0, 0.05) is 40.5 Å². The Kier molecular flexibility index (Phi) is 10.7. The van der Waals surface area contributed by atoms with Crippen LogP contribution >= 0.6 is 11.8 Å². The van der Waals surface area contributed by atoms with E-state index in [0.29, 0.717) is 28.0 Å². The first-order valence-electron chi connectivity index (χ1n) is 15.7. The van der Waals surface area contributed by atoms with Crippen molar-refractivity contribution in [2.75, 3.05) is 11.1 Å². The number of amides is 1. The fourth-order valence-corrected chi connectivity index (χ4v) is 6.60. The number of hydrogen-bond donors (Lipinski definition) is 3. The van der Waals surface area contributed by atoms with Crippen molar-refractivity contribution in [2.45, 2.75) is 50.1 Å². The number of anilines is 1. The number of aliphatic hydroxyl groups excluding tert-OH is 1. The first kappa shape index (κ1) is 33.2. The third-order valence-corrected chi connectivity index (χ3v) is 9.11. The number of carboxylic acid groups (broad SMARTS) is 1. The number of nitrogens with one attached hydrogen (secondary N) is 1. The van der Waals surface area contributed by atoms with Gasteiger partial charge in [0.05, 0.1) is 25.2 Å². The summed E-state index contributed by atoms with van der Waals surface area (Å²) in [5.41, 5.74) is 5.66. The molecule has 0 saturated carbocycles. The SMILES string of the molecule is CC1C(CSc2nc(-c3ccccc3)c(-c3ccccc3)o2)OC(c2cccc(NC(=O)CCC(=O)O)c2)OC1c1ccc(CO)cc1. The Morgan fingerprint density at radius 1 is 0.833 bits per heavy atom. The van der Waals surface area contributed by atoms with Crippen molar-refractivity contribution in [3.8, 4) is 22.6 Å². The number of carbonyl (C=O) groups excluding carboxylic acids is 1. The van der Waals surface area contributed by atoms with E-state index < -0.39 is 12.3 Å². The number of oxazole rings is 1. The molecule has 1 amide bonds. The minimum Gasteiger partial charge on any atom is -0.481 e. The van der Waals surface area contributed by atoms with Crippen LogP contribution < -0.4 is 5.32 Å². The summed E-state index contributed by atoms with van der Waals surface area (Å²) in [5.74, 6) is -0.255. The summed E-state index contributed by atoms with van der Waals surface area (Å²) < 4.78 is 19.6. The van der Waals surface area contributed by atoms with Crippen LogP contribution in [0.15, 0.2) is 119 Å². The average Bonchev–Trinajstić information content (AvgIpc) is 3.56. The minimum absolute atomic E-state index is 0.0522. The molecule has 6 rings (SSSR count). The fraction of sp³-hybridized carbons (Fsp3) is 0.237. The summed E-state index contributed by atoms with van der Waals surface area (Å²) in [6, 6.07) is 34.8. The number of carbonyl (C=O) groups is 2. The van der Waals surface area contributed by atoms with Crippen LogP contribution in [0.5, 0.6) is 0 Å². The summed E-state index contributed by atoms with van der Waals surface area (Å²) in [6.07, 6.45) is -1.75. The summed E-state index contributed by atoms with van der Waals surface area (Å²) in [5, 5.41) is 21.8. The smallest absolute Gasteiger partial charge is 0.303 e. The molecule has 3 N–H and O–H groups in total. The lowest BCUT2D eigenvalue weighted by Crippen LogP contribution is -2.38. The highest BCUT2D eigenvalue weighted by Gasteiger charge is 2.39. The molecule has 1 aliphatic rings. The highest BCUT2D eigenvalue weighted by Crippen LogP contribution is 2.44. The Morgan fingerprint density at radius 2 is 1.54 bits per heavy atom. The first-order chi connectivity index (χ1) is 23.4. The van der Waals surface area contributed by atoms with Crippen molar-refractivity contribution in [3.63, 3.8) is 0 Å². The molecule has 48 heavy (non-hydrogen) atoms. The number of aromatic nitrogens is 1. The van der Waals surface area contributed by atoms with E-state index in [9.17, 15) is 14.7 Å². The fourth-order valence-electron chi connectivity index (χ4n) is 5.61. The van der Waals surface area contributed by atoms with Gasteiger partial charge < -0.3 is 29.4 Å². The minimum atomic E-state index is -1.03. The van der Waals surface area contributed by atoms with E-state index in [4.69, 9.17) is 24.0 Å². The van der Waals surface area contributed by atoms with Crippen LogP contribution in [-0.4, -0.2) is 38.9 Å². The van der Waals surface area contributed by atoms with Gasteiger partial charge in [-0.1, -0.05) is 116 Å². The lowest BCUT2D eigenvalue weighted by molar-refractivity contribution is -0.268. The molecule has 0 bridgehead atoms. The molecule has 1 fully saturated rings. The normalized spacial score (nSPS) is 19.1. The number of ether oxygens (including phenoxy) is 2. The van der Waals surface area contributed by atoms with E-state index in [1.807, 2.05) is 91.0 Å². The topological polar surface area (TPSA) is 131 Å². The van der Waals surface area contributed by atoms with E-state index in [-0.39, 0.29) is 43.5 Å². The molecule has 1 aliphatic heterocycles. The van der Waals surface area contributed by atoms with E-state index in [2.05, 4.69) is 12.2 Å². The molecular formula is C38H36N2O7S. The van der Waals surface area contributed by atoms with Crippen molar-refractivity contribution in [3.05, 3.63) is 126 Å². The second kappa shape index (κ2) is 15.4. The Labute approximate surface area is 282 Å². The maximum absolute atomic E-state index is 12.3. The number of nitrogens with zero attached hydrogens (tertiary/aromatic N) is 1. The second-order valence-corrected chi connectivity index (χ2v) is 12.6. The monoisotopic (exact) mass is 664 g/mol. The van der Waals surface area contributed by atoms with Gasteiger partial charge in [-0.2, -0.15) is 0 Å². The zero-order valence-corrected chi connectivity index (χ0v) is 27.1. The maximum Gasteiger partial charge on any atom is 0.303 e. The zero-order valence-electron chi connectivity index (χ0n) is 26.3. The van der Waals surface area contributed by atoms with Gasteiger partial charge in [-0.15, -0.1) is 0 Å². The highest BCUT2D eigenvalue weighted by atomic mass is 32.2. The van der Waals surface area contributed by atoms with Crippen molar-refractivity contribution in [1.29, 1.82) is 0 Å². The summed E-state index contributed by atoms with van der Waals surface area (Å²) >= 11 is 1.48. The quantitative estimate of drug-likeness (QED) is 0.114. The van der Waals surface area contributed by atoms with Crippen LogP contribution in [-0.2, 0) is 25.7 Å². The molecule has 0 aliphatic carbocycles. The van der Waals surface area contributed by atoms with Gasteiger partial charge in [-0.05, 0) is 23.3 Å². The largest absolute Gasteiger partial charge is 0.481 e. The van der Waals surface area contributed by atoms with Crippen molar-refractivity contribution in [1.82, 2.24) is 4.98 Å². The molecule has 1 aromatic heterocycles. The molecular weight excluding hydrogens is 628 g/mol. The van der Waals surface area contributed by atoms with Gasteiger partial charge in [0.1, 0.15) is 5.69 Å². The number of thioether (sulfide) groups is 1. The van der Waals surface area contributed by atoms with Crippen molar-refractivity contribution in [2.24, 2.45) is 5.92 Å². The molecule has 9 nitrogen and oxygen atoms in total. The molecule has 4 aromatic carbocycles. The van der Waals surface area contributed by atoms with Gasteiger partial charge in [0.25, 0.3) is 5.22 Å². The third kappa shape index (κ3) is 8.03. The lowest BCUT2D eigenvalue weighted by atomic mass is 9.91. The molecule has 5 aromatic rings. The predicted molar refractivity (Wildman–Crippen MR) is 183 cm³/mol. The molecule has 2 heterocycles. The number of carboxylic acids is 1. The summed E-state index contributed by atoms with van der Waals surface area (Å²) in [6.45, 7) is 2.04. The van der Waals surface area contributed by atoms with Crippen LogP contribution in [0, 0.1) is 5.92 Å². The van der Waals surface area contributed by atoms with E-state index in [1.165, 1.54) is 11.8 Å². The van der Waals surface area contributed by atoms with Gasteiger partial charge in [-0.3, -0.25) is 9.59 Å². The molecule has 0 spiro atoms. The zero-order chi connectivity index (χ0) is 33.5. The number of rotatable bonds is 12. The van der Waals surface area contributed by atoms with Crippen LogP contribution in [0.25, 0.3) is 22.6 Å². The van der Waals surface area contributed by atoms with Crippen LogP contribution in [0.4, 0.5) is 5.69 Å². The predicted octanol–water partition coefficient (Wildman–Crippen LogP) is 7.89. The standard InChI is InChI=1S/C38H36N2O7S/c1-24-31(23-48-38-40-34(26-9-4-2-5-10-26)36(47-38)27-11-6-3-7-12-27)45-37(46-35(24)28-17-15-25(22-41)16-18-28)29-13-8-14-30(21-29)39-32(42)19-20-33(43)44/h2-18,21,24,31,35,37,41H,19-20,22-23H2,1H3,(H,39,42)(H,43,44). The van der Waals surface area contributed by atoms with Gasteiger partial charge in [-0.25, -0.2) is 4.98 Å². The Morgan fingerprint density at radius 3 is 2.23 bits per heavy atom. The van der Waals surface area contributed by atoms with Gasteiger partial charge >= 0.3 is 5.97 Å². The van der Waals surface area contributed by atoms with E-state index in [0.717, 1.165) is 27.9 Å². The Bertz CT molecular complexity index is 1770. The lowest BCUT2D eigenvalue weighted by Gasteiger charge is -2.41. The highest BCUT2D eigenvalue weighted by molar-refractivity contribution is 7.99. The van der Waals surface area contributed by atoms with E-state index in [1.54, 1.807) is 18.2 Å². The number of hydrogen-bond acceptors (Lipinski definition) is 8. The summed E-state index contributed by atoms with van der Waals surface area (Å²) in [4.78, 5) is 28.2. The number of aliphatic hydroxyl groups is 1. The Hall–Kier alpha value is -4.74. The summed E-state index contributed by atoms with van der Waals surface area (Å²) in [7, 11) is 0. The maximum atomic E-state index is 12.3. The first-order valence-corrected chi connectivity index (χ1v) is 16.7. The van der Waals surface area contributed by atoms with Crippen molar-refractivity contribution >= 4 is 29.3 Å². The van der Waals surface area contributed by atoms with Gasteiger partial charge in [0.2, 0.25) is 5.91 Å². The molecule has 10 heteroatoms. The average molecular weight is 665 g/mol. The molecule has 246 valence electrons. The second-order valence-electron chi connectivity index (χ2n) is 11.6. The van der Waals surface area contributed by atoms with E-state index >= 15 is 0 Å².